The number of thioether (sulfide) groups is 1. The van der Waals surface area contributed by atoms with Crippen molar-refractivity contribution >= 4 is 33.3 Å². The van der Waals surface area contributed by atoms with Crippen LogP contribution < -0.4 is 0 Å². The molecule has 4 aromatic rings. The Balaban J connectivity index is 1.75. The van der Waals surface area contributed by atoms with Crippen LogP contribution in [0.25, 0.3) is 21.3 Å². The van der Waals surface area contributed by atoms with E-state index in [1.54, 1.807) is 29.4 Å². The number of nitrogens with zero attached hydrogens (tertiary/aromatic N) is 3. The molecule has 132 valence electrons. The fraction of sp³-hybridized carbons (Fsp3) is 0.136. The number of benzene rings is 2. The van der Waals surface area contributed by atoms with Gasteiger partial charge in [-0.2, -0.15) is 5.26 Å². The summed E-state index contributed by atoms with van der Waals surface area (Å²) in [6, 6.07) is 18.6. The molecule has 0 atom stereocenters. The first kappa shape index (κ1) is 17.7. The molecule has 0 saturated heterocycles. The van der Waals surface area contributed by atoms with Crippen LogP contribution in [0.4, 0.5) is 0 Å². The molecule has 0 aliphatic rings. The smallest absolute Gasteiger partial charge is 0.128 e. The number of aryl methyl sites for hydroxylation is 2. The summed E-state index contributed by atoms with van der Waals surface area (Å²) in [7, 11) is 0. The molecule has 2 heterocycles. The van der Waals surface area contributed by atoms with Gasteiger partial charge in [-0.15, -0.1) is 23.1 Å². The second-order valence-corrected chi connectivity index (χ2v) is 8.53. The number of rotatable bonds is 4. The molecular formula is C22H17N3S2. The lowest BCUT2D eigenvalue weighted by Crippen LogP contribution is -1.88. The first-order valence-electron chi connectivity index (χ1n) is 8.58. The van der Waals surface area contributed by atoms with Crippen molar-refractivity contribution in [2.24, 2.45) is 0 Å². The van der Waals surface area contributed by atoms with E-state index in [2.05, 4.69) is 54.2 Å². The second-order valence-electron chi connectivity index (χ2n) is 6.36. The standard InChI is InChI=1S/C22H17N3S2/c1-14-6-8-18(9-7-14)19-15(2)27-22-20(19)21(24-13-25-22)26-12-17-5-3-4-16(10-17)11-23/h3-10,13H,12H2,1-2H3. The van der Waals surface area contributed by atoms with Gasteiger partial charge in [0, 0.05) is 16.2 Å². The first-order chi connectivity index (χ1) is 13.2. The minimum absolute atomic E-state index is 0.688. The Bertz CT molecular complexity index is 1150. The molecule has 0 bridgehead atoms. The highest BCUT2D eigenvalue weighted by Crippen LogP contribution is 2.41. The van der Waals surface area contributed by atoms with Gasteiger partial charge in [0.1, 0.15) is 16.2 Å². The van der Waals surface area contributed by atoms with Crippen LogP contribution in [0.2, 0.25) is 0 Å². The zero-order valence-corrected chi connectivity index (χ0v) is 16.7. The summed E-state index contributed by atoms with van der Waals surface area (Å²) in [6.45, 7) is 4.24. The molecule has 0 saturated carbocycles. The Morgan fingerprint density at radius 2 is 1.89 bits per heavy atom. The Morgan fingerprint density at radius 1 is 1.07 bits per heavy atom. The van der Waals surface area contributed by atoms with E-state index in [9.17, 15) is 0 Å². The molecule has 0 N–H and O–H groups in total. The molecule has 0 radical (unpaired) electrons. The number of hydrogen-bond acceptors (Lipinski definition) is 5. The molecule has 0 amide bonds. The van der Waals surface area contributed by atoms with Crippen LogP contribution in [0.15, 0.2) is 59.9 Å². The Hall–Kier alpha value is -2.68. The van der Waals surface area contributed by atoms with Gasteiger partial charge in [0.15, 0.2) is 0 Å². The molecule has 3 nitrogen and oxygen atoms in total. The number of aromatic nitrogens is 2. The van der Waals surface area contributed by atoms with Crippen molar-refractivity contribution in [3.8, 4) is 17.2 Å². The van der Waals surface area contributed by atoms with Crippen LogP contribution in [0.1, 0.15) is 21.6 Å². The minimum atomic E-state index is 0.688. The van der Waals surface area contributed by atoms with Gasteiger partial charge in [-0.3, -0.25) is 0 Å². The van der Waals surface area contributed by atoms with Gasteiger partial charge in [-0.1, -0.05) is 42.0 Å². The average Bonchev–Trinajstić information content (AvgIpc) is 3.03. The van der Waals surface area contributed by atoms with Crippen molar-refractivity contribution in [1.29, 1.82) is 5.26 Å². The van der Waals surface area contributed by atoms with Crippen LogP contribution in [0.5, 0.6) is 0 Å². The Kier molecular flexibility index (Phi) is 4.93. The fourth-order valence-corrected chi connectivity index (χ4v) is 5.10. The highest BCUT2D eigenvalue weighted by Gasteiger charge is 2.17. The van der Waals surface area contributed by atoms with E-state index in [4.69, 9.17) is 5.26 Å². The topological polar surface area (TPSA) is 49.6 Å². The zero-order valence-electron chi connectivity index (χ0n) is 15.1. The highest BCUT2D eigenvalue weighted by atomic mass is 32.2. The first-order valence-corrected chi connectivity index (χ1v) is 10.4. The summed E-state index contributed by atoms with van der Waals surface area (Å²) in [5.41, 5.74) is 5.48. The van der Waals surface area contributed by atoms with Gasteiger partial charge in [-0.05, 0) is 37.1 Å². The van der Waals surface area contributed by atoms with Crippen molar-refractivity contribution in [3.05, 3.63) is 76.4 Å². The number of fused-ring (bicyclic) bond motifs is 1. The predicted octanol–water partition coefficient (Wildman–Crippen LogP) is 6.14. The van der Waals surface area contributed by atoms with Crippen molar-refractivity contribution in [3.63, 3.8) is 0 Å². The van der Waals surface area contributed by atoms with Crippen molar-refractivity contribution in [1.82, 2.24) is 9.97 Å². The molecule has 0 aliphatic heterocycles. The molecular weight excluding hydrogens is 370 g/mol. The third-order valence-electron chi connectivity index (χ3n) is 4.40. The molecule has 0 aliphatic carbocycles. The summed E-state index contributed by atoms with van der Waals surface area (Å²) in [4.78, 5) is 11.3. The molecule has 5 heteroatoms. The number of thiophene rings is 1. The second kappa shape index (κ2) is 7.51. The van der Waals surface area contributed by atoms with Crippen LogP contribution in [-0.2, 0) is 5.75 Å². The Morgan fingerprint density at radius 3 is 2.67 bits per heavy atom. The largest absolute Gasteiger partial charge is 0.229 e. The average molecular weight is 388 g/mol. The molecule has 0 spiro atoms. The van der Waals surface area contributed by atoms with E-state index in [1.165, 1.54) is 21.6 Å². The van der Waals surface area contributed by atoms with Crippen LogP contribution in [0.3, 0.4) is 0 Å². The zero-order chi connectivity index (χ0) is 18.8. The van der Waals surface area contributed by atoms with Crippen LogP contribution in [-0.4, -0.2) is 9.97 Å². The van der Waals surface area contributed by atoms with Crippen molar-refractivity contribution < 1.29 is 0 Å². The molecule has 27 heavy (non-hydrogen) atoms. The Labute approximate surface area is 166 Å². The maximum atomic E-state index is 9.10. The van der Waals surface area contributed by atoms with Gasteiger partial charge < -0.3 is 0 Å². The number of nitriles is 1. The monoisotopic (exact) mass is 387 g/mol. The predicted molar refractivity (Wildman–Crippen MR) is 113 cm³/mol. The van der Waals surface area contributed by atoms with Crippen LogP contribution in [0, 0.1) is 25.2 Å². The van der Waals surface area contributed by atoms with Gasteiger partial charge in [0.25, 0.3) is 0 Å². The van der Waals surface area contributed by atoms with Gasteiger partial charge in [0.05, 0.1) is 17.0 Å². The molecule has 4 rings (SSSR count). The SMILES string of the molecule is Cc1ccc(-c2c(C)sc3ncnc(SCc4cccc(C#N)c4)c23)cc1. The van der Waals surface area contributed by atoms with E-state index >= 15 is 0 Å². The summed E-state index contributed by atoms with van der Waals surface area (Å²) in [5.74, 6) is 0.768. The van der Waals surface area contributed by atoms with Gasteiger partial charge in [0.2, 0.25) is 0 Å². The van der Waals surface area contributed by atoms with Crippen molar-refractivity contribution in [2.45, 2.75) is 24.6 Å². The lowest BCUT2D eigenvalue weighted by Gasteiger charge is -2.07. The lowest BCUT2D eigenvalue weighted by molar-refractivity contribution is 1.11. The van der Waals surface area contributed by atoms with E-state index < -0.39 is 0 Å². The molecule has 2 aromatic carbocycles. The number of hydrogen-bond donors (Lipinski definition) is 0. The lowest BCUT2D eigenvalue weighted by atomic mass is 10.0. The van der Waals surface area contributed by atoms with E-state index in [0.29, 0.717) is 5.56 Å². The van der Waals surface area contributed by atoms with E-state index in [1.807, 2.05) is 24.3 Å². The van der Waals surface area contributed by atoms with E-state index in [-0.39, 0.29) is 0 Å². The maximum Gasteiger partial charge on any atom is 0.128 e. The van der Waals surface area contributed by atoms with Gasteiger partial charge >= 0.3 is 0 Å². The summed E-state index contributed by atoms with van der Waals surface area (Å²) in [6.07, 6.45) is 1.64. The third kappa shape index (κ3) is 3.59. The molecule has 0 fully saturated rings. The minimum Gasteiger partial charge on any atom is -0.229 e. The summed E-state index contributed by atoms with van der Waals surface area (Å²) >= 11 is 3.41. The quantitative estimate of drug-likeness (QED) is 0.312. The van der Waals surface area contributed by atoms with Gasteiger partial charge in [-0.25, -0.2) is 9.97 Å². The summed E-state index contributed by atoms with van der Waals surface area (Å²) in [5, 5.41) is 11.2. The van der Waals surface area contributed by atoms with Crippen molar-refractivity contribution in [2.75, 3.05) is 0 Å². The maximum absolute atomic E-state index is 9.10. The fourth-order valence-electron chi connectivity index (χ4n) is 3.08. The third-order valence-corrected chi connectivity index (χ3v) is 6.48. The van der Waals surface area contributed by atoms with E-state index in [0.717, 1.165) is 26.6 Å². The normalized spacial score (nSPS) is 10.9. The molecule has 0 unspecified atom stereocenters. The van der Waals surface area contributed by atoms with Crippen LogP contribution >= 0.6 is 23.1 Å². The highest BCUT2D eigenvalue weighted by molar-refractivity contribution is 7.98. The summed E-state index contributed by atoms with van der Waals surface area (Å²) < 4.78 is 0. The molecule has 2 aromatic heterocycles.